The summed E-state index contributed by atoms with van der Waals surface area (Å²) in [5, 5.41) is 8.28. The van der Waals surface area contributed by atoms with Gasteiger partial charge in [-0.1, -0.05) is 12.1 Å². The van der Waals surface area contributed by atoms with Gasteiger partial charge in [0.1, 0.15) is 5.75 Å². The molecule has 0 unspecified atom stereocenters. The van der Waals surface area contributed by atoms with E-state index in [1.165, 1.54) is 0 Å². The number of ether oxygens (including phenoxy) is 1. The number of alkyl halides is 3. The first-order valence-electron chi connectivity index (χ1n) is 9.06. The van der Waals surface area contributed by atoms with Crippen molar-refractivity contribution in [3.63, 3.8) is 0 Å². The van der Waals surface area contributed by atoms with Crippen LogP contribution < -0.4 is 15.4 Å². The van der Waals surface area contributed by atoms with Crippen LogP contribution >= 0.6 is 11.3 Å². The number of fused-ring (bicyclic) bond motifs is 1. The van der Waals surface area contributed by atoms with Gasteiger partial charge in [0.25, 0.3) is 0 Å². The van der Waals surface area contributed by atoms with Crippen LogP contribution in [0.2, 0.25) is 0 Å². The van der Waals surface area contributed by atoms with E-state index in [1.807, 2.05) is 35.2 Å². The Bertz CT molecular complexity index is 951. The van der Waals surface area contributed by atoms with Gasteiger partial charge in [0.05, 0.1) is 18.8 Å². The number of hydrogen-bond acceptors (Lipinski definition) is 4. The molecule has 0 aliphatic rings. The van der Waals surface area contributed by atoms with Gasteiger partial charge in [-0.05, 0) is 25.5 Å². The third-order valence-corrected chi connectivity index (χ3v) is 4.72. The third-order valence-electron chi connectivity index (χ3n) is 3.95. The van der Waals surface area contributed by atoms with Gasteiger partial charge in [0, 0.05) is 29.9 Å². The molecule has 0 bridgehead atoms. The lowest BCUT2D eigenvalue weighted by Gasteiger charge is -2.14. The highest BCUT2D eigenvalue weighted by molar-refractivity contribution is 7.15. The maximum absolute atomic E-state index is 12.5. The van der Waals surface area contributed by atoms with E-state index < -0.39 is 12.8 Å². The second-order valence-electron chi connectivity index (χ2n) is 6.39. The average molecular weight is 425 g/mol. The van der Waals surface area contributed by atoms with E-state index in [4.69, 9.17) is 4.74 Å². The number of thiazole rings is 1. The molecule has 0 atom stereocenters. The summed E-state index contributed by atoms with van der Waals surface area (Å²) >= 11 is 1.55. The average Bonchev–Trinajstić information content (AvgIpc) is 3.24. The van der Waals surface area contributed by atoms with Crippen LogP contribution in [-0.2, 0) is 13.1 Å². The molecule has 0 saturated carbocycles. The lowest BCUT2D eigenvalue weighted by molar-refractivity contribution is -0.153. The highest BCUT2D eigenvalue weighted by Crippen LogP contribution is 2.24. The molecule has 2 heterocycles. The molecule has 2 aromatic heterocycles. The predicted molar refractivity (Wildman–Crippen MR) is 107 cm³/mol. The minimum Gasteiger partial charge on any atom is -0.484 e. The highest BCUT2D eigenvalue weighted by atomic mass is 32.1. The van der Waals surface area contributed by atoms with E-state index in [9.17, 15) is 13.2 Å². The molecule has 3 rings (SSSR count). The monoisotopic (exact) mass is 425 g/mol. The Kier molecular flexibility index (Phi) is 6.63. The van der Waals surface area contributed by atoms with Crippen molar-refractivity contribution in [2.45, 2.75) is 33.1 Å². The maximum Gasteiger partial charge on any atom is 0.422 e. The molecule has 0 amide bonds. The summed E-state index contributed by atoms with van der Waals surface area (Å²) < 4.78 is 44.5. The fraction of sp³-hybridized carbons (Fsp3) is 0.368. The Morgan fingerprint density at radius 1 is 1.31 bits per heavy atom. The van der Waals surface area contributed by atoms with Gasteiger partial charge < -0.3 is 15.4 Å². The van der Waals surface area contributed by atoms with Crippen molar-refractivity contribution in [3.05, 3.63) is 52.8 Å². The van der Waals surface area contributed by atoms with Crippen LogP contribution in [0.5, 0.6) is 5.75 Å². The molecule has 0 aliphatic carbocycles. The number of imidazole rings is 1. The summed E-state index contributed by atoms with van der Waals surface area (Å²) in [6, 6.07) is 5.15. The van der Waals surface area contributed by atoms with Gasteiger partial charge >= 0.3 is 6.18 Å². The number of aryl methyl sites for hydroxylation is 1. The largest absolute Gasteiger partial charge is 0.484 e. The fourth-order valence-corrected chi connectivity index (χ4v) is 3.35. The van der Waals surface area contributed by atoms with Gasteiger partial charge in [0.2, 0.25) is 0 Å². The van der Waals surface area contributed by atoms with Crippen molar-refractivity contribution in [2.75, 3.05) is 13.2 Å². The fourth-order valence-electron chi connectivity index (χ4n) is 2.63. The SMILES string of the molecule is CCNC(=NCc1ccc(C)cc1OCC(F)(F)F)NCc1cn2ccsc2n1. The second-order valence-corrected chi connectivity index (χ2v) is 7.26. The van der Waals surface area contributed by atoms with Crippen molar-refractivity contribution >= 4 is 22.3 Å². The zero-order valence-electron chi connectivity index (χ0n) is 16.1. The van der Waals surface area contributed by atoms with Crippen molar-refractivity contribution in [2.24, 2.45) is 4.99 Å². The number of aromatic nitrogens is 2. The first-order chi connectivity index (χ1) is 13.8. The van der Waals surface area contributed by atoms with Gasteiger partial charge in [-0.2, -0.15) is 13.2 Å². The molecule has 10 heteroatoms. The molecule has 0 fully saturated rings. The summed E-state index contributed by atoms with van der Waals surface area (Å²) in [6.07, 6.45) is -0.514. The molecular formula is C19H22F3N5OS. The molecule has 1 aromatic carbocycles. The Labute approximate surface area is 170 Å². The third kappa shape index (κ3) is 6.11. The van der Waals surface area contributed by atoms with Crippen LogP contribution in [-0.4, -0.2) is 34.7 Å². The summed E-state index contributed by atoms with van der Waals surface area (Å²) in [5.74, 6) is 0.738. The van der Waals surface area contributed by atoms with Crippen LogP contribution in [0.3, 0.4) is 0 Å². The summed E-state index contributed by atoms with van der Waals surface area (Å²) in [6.45, 7) is 3.72. The van der Waals surface area contributed by atoms with Crippen LogP contribution in [0.25, 0.3) is 4.96 Å². The standard InChI is InChI=1S/C19H22F3N5OS/c1-3-23-17(25-10-15-11-27-6-7-29-18(27)26-15)24-9-14-5-4-13(2)8-16(14)28-12-19(20,21)22/h4-8,11H,3,9-10,12H2,1-2H3,(H2,23,24,25). The van der Waals surface area contributed by atoms with E-state index in [-0.39, 0.29) is 12.3 Å². The molecule has 156 valence electrons. The number of guanidine groups is 1. The van der Waals surface area contributed by atoms with Crippen LogP contribution in [0.15, 0.2) is 41.0 Å². The first kappa shape index (κ1) is 21.0. The van der Waals surface area contributed by atoms with Gasteiger partial charge in [0.15, 0.2) is 17.5 Å². The number of aliphatic imine (C=N–C) groups is 1. The molecule has 0 spiro atoms. The van der Waals surface area contributed by atoms with Crippen LogP contribution in [0, 0.1) is 6.92 Å². The number of benzene rings is 1. The van der Waals surface area contributed by atoms with E-state index in [0.29, 0.717) is 24.6 Å². The Balaban J connectivity index is 1.68. The topological polar surface area (TPSA) is 63.0 Å². The van der Waals surface area contributed by atoms with E-state index in [2.05, 4.69) is 20.6 Å². The predicted octanol–water partition coefficient (Wildman–Crippen LogP) is 3.90. The Morgan fingerprint density at radius 3 is 2.86 bits per heavy atom. The summed E-state index contributed by atoms with van der Waals surface area (Å²) in [7, 11) is 0. The van der Waals surface area contributed by atoms with E-state index >= 15 is 0 Å². The normalized spacial score (nSPS) is 12.4. The quantitative estimate of drug-likeness (QED) is 0.445. The van der Waals surface area contributed by atoms with Gasteiger partial charge in [-0.25, -0.2) is 9.98 Å². The number of rotatable bonds is 7. The Hall–Kier alpha value is -2.75. The van der Waals surface area contributed by atoms with E-state index in [1.54, 1.807) is 30.4 Å². The molecule has 2 N–H and O–H groups in total. The number of halogens is 3. The van der Waals surface area contributed by atoms with Crippen molar-refractivity contribution in [1.82, 2.24) is 20.0 Å². The number of nitrogens with zero attached hydrogens (tertiary/aromatic N) is 3. The lowest BCUT2D eigenvalue weighted by Crippen LogP contribution is -2.36. The van der Waals surface area contributed by atoms with E-state index in [0.717, 1.165) is 16.2 Å². The van der Waals surface area contributed by atoms with Crippen molar-refractivity contribution < 1.29 is 17.9 Å². The minimum atomic E-state index is -4.39. The first-order valence-corrected chi connectivity index (χ1v) is 9.94. The molecule has 6 nitrogen and oxygen atoms in total. The van der Waals surface area contributed by atoms with Crippen LogP contribution in [0.4, 0.5) is 13.2 Å². The highest BCUT2D eigenvalue weighted by Gasteiger charge is 2.28. The molecular weight excluding hydrogens is 403 g/mol. The van der Waals surface area contributed by atoms with Crippen molar-refractivity contribution in [1.29, 1.82) is 0 Å². The molecule has 0 aliphatic heterocycles. The molecule has 29 heavy (non-hydrogen) atoms. The summed E-state index contributed by atoms with van der Waals surface area (Å²) in [5.41, 5.74) is 2.27. The molecule has 0 radical (unpaired) electrons. The summed E-state index contributed by atoms with van der Waals surface area (Å²) in [4.78, 5) is 9.89. The number of nitrogens with one attached hydrogen (secondary N) is 2. The zero-order valence-corrected chi connectivity index (χ0v) is 16.9. The second kappa shape index (κ2) is 9.17. The van der Waals surface area contributed by atoms with Gasteiger partial charge in [-0.3, -0.25) is 4.40 Å². The smallest absolute Gasteiger partial charge is 0.422 e. The van der Waals surface area contributed by atoms with Gasteiger partial charge in [-0.15, -0.1) is 11.3 Å². The molecule has 0 saturated heterocycles. The lowest BCUT2D eigenvalue weighted by atomic mass is 10.1. The van der Waals surface area contributed by atoms with Crippen molar-refractivity contribution in [3.8, 4) is 5.75 Å². The minimum absolute atomic E-state index is 0.182. The number of hydrogen-bond donors (Lipinski definition) is 2. The maximum atomic E-state index is 12.5. The van der Waals surface area contributed by atoms with Crippen LogP contribution in [0.1, 0.15) is 23.7 Å². The zero-order chi connectivity index (χ0) is 20.9. The Morgan fingerprint density at radius 2 is 2.14 bits per heavy atom. The molecule has 3 aromatic rings.